The normalized spacial score (nSPS) is 31.6. The highest BCUT2D eigenvalue weighted by Gasteiger charge is 2.63. The molecule has 2 rings (SSSR count). The Balaban J connectivity index is 2.47. The second-order valence-electron chi connectivity index (χ2n) is 15.5. The van der Waals surface area contributed by atoms with Crippen LogP contribution in [0.1, 0.15) is 128 Å². The van der Waals surface area contributed by atoms with Crippen LogP contribution in [0, 0.1) is 55.7 Å². The molecule has 210 valence electrons. The van der Waals surface area contributed by atoms with Gasteiger partial charge in [-0.15, -0.1) is 0 Å². The first-order valence-corrected chi connectivity index (χ1v) is 14.6. The van der Waals surface area contributed by atoms with Crippen molar-refractivity contribution in [2.45, 2.75) is 128 Å². The first-order chi connectivity index (χ1) is 16.7. The summed E-state index contributed by atoms with van der Waals surface area (Å²) < 4.78 is 0. The number of Topliss-reactive ketones (excluding diaryl/α,β-unsaturated/α-hetero) is 2. The Hall–Kier alpha value is -1.47. The third-order valence-electron chi connectivity index (χ3n) is 11.7. The molecule has 4 heteroatoms. The monoisotopic (exact) mass is 512 g/mol. The summed E-state index contributed by atoms with van der Waals surface area (Å²) >= 11 is 0. The molecule has 2 aliphatic rings. The Labute approximate surface area is 228 Å². The molecular formula is C33H56N2O2. The van der Waals surface area contributed by atoms with E-state index in [0.29, 0.717) is 18.4 Å². The van der Waals surface area contributed by atoms with Gasteiger partial charge in [0.2, 0.25) is 0 Å². The van der Waals surface area contributed by atoms with Gasteiger partial charge < -0.3 is 10.5 Å². The summed E-state index contributed by atoms with van der Waals surface area (Å²) in [7, 11) is 0. The second kappa shape index (κ2) is 10.6. The van der Waals surface area contributed by atoms with Gasteiger partial charge in [0.05, 0.1) is 5.57 Å². The Bertz CT molecular complexity index is 952. The van der Waals surface area contributed by atoms with Gasteiger partial charge in [0.1, 0.15) is 11.9 Å². The molecule has 0 aromatic heterocycles. The van der Waals surface area contributed by atoms with Crippen molar-refractivity contribution >= 4 is 11.6 Å². The summed E-state index contributed by atoms with van der Waals surface area (Å²) in [6, 6.07) is 2.20. The zero-order chi connectivity index (χ0) is 28.7. The highest BCUT2D eigenvalue weighted by molar-refractivity contribution is 6.04. The summed E-state index contributed by atoms with van der Waals surface area (Å²) in [6.45, 7) is 25.1. The van der Waals surface area contributed by atoms with Crippen molar-refractivity contribution in [2.24, 2.45) is 50.1 Å². The predicted octanol–water partition coefficient (Wildman–Crippen LogP) is 8.05. The van der Waals surface area contributed by atoms with Crippen LogP contribution in [0.5, 0.6) is 0 Å². The van der Waals surface area contributed by atoms with Gasteiger partial charge in [0.25, 0.3) is 0 Å². The fourth-order valence-electron chi connectivity index (χ4n) is 7.75. The summed E-state index contributed by atoms with van der Waals surface area (Å²) in [5.74, 6) is 0.313. The van der Waals surface area contributed by atoms with Gasteiger partial charge in [0.15, 0.2) is 5.78 Å². The Kier molecular flexibility index (Phi) is 9.09. The quantitative estimate of drug-likeness (QED) is 0.303. The van der Waals surface area contributed by atoms with Crippen molar-refractivity contribution in [3.63, 3.8) is 0 Å². The SMILES string of the molecule is CCC(C)(C)CC[C@](C)(CN)CCC(C)(C)[C@]1(C)CCC2C(C)(C)C(=O)C(C#N)=C[C@]2(C)C1CC(C)=O. The van der Waals surface area contributed by atoms with Gasteiger partial charge in [-0.3, -0.25) is 4.79 Å². The smallest absolute Gasteiger partial charge is 0.178 e. The van der Waals surface area contributed by atoms with Crippen molar-refractivity contribution in [1.29, 1.82) is 5.26 Å². The number of carbonyl (C=O) groups excluding carboxylic acids is 2. The van der Waals surface area contributed by atoms with Gasteiger partial charge >= 0.3 is 0 Å². The fourth-order valence-corrected chi connectivity index (χ4v) is 7.75. The first kappa shape index (κ1) is 31.7. The molecule has 2 unspecified atom stereocenters. The van der Waals surface area contributed by atoms with Crippen molar-refractivity contribution in [3.8, 4) is 6.07 Å². The van der Waals surface area contributed by atoms with Crippen LogP contribution in [0.3, 0.4) is 0 Å². The summed E-state index contributed by atoms with van der Waals surface area (Å²) in [5, 5.41) is 9.87. The fraction of sp³-hybridized carbons (Fsp3) is 0.848. The molecule has 0 aromatic rings. The second-order valence-corrected chi connectivity index (χ2v) is 15.5. The first-order valence-electron chi connectivity index (χ1n) is 14.6. The summed E-state index contributed by atoms with van der Waals surface area (Å²) in [4.78, 5) is 25.9. The third-order valence-corrected chi connectivity index (χ3v) is 11.7. The molecule has 0 radical (unpaired) electrons. The lowest BCUT2D eigenvalue weighted by atomic mass is 9.39. The van der Waals surface area contributed by atoms with Crippen LogP contribution in [0.4, 0.5) is 0 Å². The Morgan fingerprint density at radius 1 is 1.08 bits per heavy atom. The lowest BCUT2D eigenvalue weighted by Crippen LogP contribution is -2.60. The average molecular weight is 513 g/mol. The Morgan fingerprint density at radius 3 is 2.14 bits per heavy atom. The molecular weight excluding hydrogens is 456 g/mol. The number of rotatable bonds is 11. The number of carbonyl (C=O) groups is 2. The molecule has 37 heavy (non-hydrogen) atoms. The number of hydrogen-bond donors (Lipinski definition) is 1. The molecule has 0 saturated heterocycles. The lowest BCUT2D eigenvalue weighted by Gasteiger charge is -2.64. The number of allylic oxidation sites excluding steroid dienone is 2. The van der Waals surface area contributed by atoms with Crippen molar-refractivity contribution in [3.05, 3.63) is 11.6 Å². The molecule has 0 amide bonds. The van der Waals surface area contributed by atoms with Crippen molar-refractivity contribution < 1.29 is 9.59 Å². The van der Waals surface area contributed by atoms with Crippen LogP contribution < -0.4 is 5.73 Å². The summed E-state index contributed by atoms with van der Waals surface area (Å²) in [5.41, 5.74) is 5.91. The van der Waals surface area contributed by atoms with Crippen molar-refractivity contribution in [1.82, 2.24) is 0 Å². The van der Waals surface area contributed by atoms with Gasteiger partial charge in [-0.25, -0.2) is 0 Å². The van der Waals surface area contributed by atoms with E-state index in [2.05, 4.69) is 61.5 Å². The maximum absolute atomic E-state index is 13.2. The van der Waals surface area contributed by atoms with E-state index in [1.54, 1.807) is 6.92 Å². The van der Waals surface area contributed by atoms with E-state index in [1.807, 2.05) is 19.9 Å². The zero-order valence-electron chi connectivity index (χ0n) is 25.9. The molecule has 0 aromatic carbocycles. The van der Waals surface area contributed by atoms with Gasteiger partial charge in [-0.2, -0.15) is 5.26 Å². The molecule has 2 N–H and O–H groups in total. The van der Waals surface area contributed by atoms with Crippen LogP contribution in [0.2, 0.25) is 0 Å². The molecule has 0 spiro atoms. The maximum atomic E-state index is 13.2. The van der Waals surface area contributed by atoms with E-state index in [-0.39, 0.29) is 50.6 Å². The van der Waals surface area contributed by atoms with E-state index < -0.39 is 5.41 Å². The molecule has 5 atom stereocenters. The standard InChI is InChI=1S/C33H56N2O2/c1-12-28(3,4)15-17-31(9,22-35)18-16-29(5,6)33(11)14-13-25-30(7,8)27(37)24(21-34)20-32(25,10)26(33)19-23(2)36/h20,25-26H,12-19,22,35H2,1-11H3/t25?,26?,31-,32-,33+/m0/s1. The van der Waals surface area contributed by atoms with Crippen LogP contribution in [0.25, 0.3) is 0 Å². The minimum atomic E-state index is -0.612. The van der Waals surface area contributed by atoms with Gasteiger partial charge in [-0.05, 0) is 90.9 Å². The Morgan fingerprint density at radius 2 is 1.65 bits per heavy atom. The molecule has 1 saturated carbocycles. The minimum Gasteiger partial charge on any atom is -0.330 e. The van der Waals surface area contributed by atoms with E-state index in [1.165, 1.54) is 12.8 Å². The summed E-state index contributed by atoms with van der Waals surface area (Å²) in [6.07, 6.45) is 9.91. The average Bonchev–Trinajstić information content (AvgIpc) is 2.81. The molecule has 0 heterocycles. The van der Waals surface area contributed by atoms with E-state index in [9.17, 15) is 14.9 Å². The van der Waals surface area contributed by atoms with Gasteiger partial charge in [0, 0.05) is 11.8 Å². The van der Waals surface area contributed by atoms with Crippen molar-refractivity contribution in [2.75, 3.05) is 6.54 Å². The minimum absolute atomic E-state index is 0.0377. The topological polar surface area (TPSA) is 83.9 Å². The van der Waals surface area contributed by atoms with Crippen LogP contribution >= 0.6 is 0 Å². The molecule has 0 aliphatic heterocycles. The zero-order valence-corrected chi connectivity index (χ0v) is 25.9. The van der Waals surface area contributed by atoms with E-state index in [0.717, 1.165) is 32.1 Å². The van der Waals surface area contributed by atoms with E-state index in [4.69, 9.17) is 5.73 Å². The molecule has 0 bridgehead atoms. The lowest BCUT2D eigenvalue weighted by molar-refractivity contribution is -0.155. The van der Waals surface area contributed by atoms with Crippen LogP contribution in [-0.4, -0.2) is 18.1 Å². The largest absolute Gasteiger partial charge is 0.330 e. The maximum Gasteiger partial charge on any atom is 0.178 e. The third kappa shape index (κ3) is 5.93. The highest BCUT2D eigenvalue weighted by atomic mass is 16.1. The van der Waals surface area contributed by atoms with Gasteiger partial charge in [-0.1, -0.05) is 81.7 Å². The molecule has 2 aliphatic carbocycles. The predicted molar refractivity (Wildman–Crippen MR) is 154 cm³/mol. The van der Waals surface area contributed by atoms with E-state index >= 15 is 0 Å². The van der Waals surface area contributed by atoms with Crippen LogP contribution in [0.15, 0.2) is 11.6 Å². The number of ketones is 2. The molecule has 1 fully saturated rings. The number of hydrogen-bond acceptors (Lipinski definition) is 4. The number of fused-ring (bicyclic) bond motifs is 1. The number of nitriles is 1. The molecule has 4 nitrogen and oxygen atoms in total. The highest BCUT2D eigenvalue weighted by Crippen LogP contribution is 2.68. The van der Waals surface area contributed by atoms with Crippen LogP contribution in [-0.2, 0) is 9.59 Å². The number of nitrogens with zero attached hydrogens (tertiary/aromatic N) is 1. The number of nitrogens with two attached hydrogens (primary N) is 1.